The van der Waals surface area contributed by atoms with E-state index in [9.17, 15) is 4.79 Å². The maximum atomic E-state index is 13.2. The lowest BCUT2D eigenvalue weighted by Gasteiger charge is -2.33. The van der Waals surface area contributed by atoms with E-state index in [1.807, 2.05) is 17.0 Å². The largest absolute Gasteiger partial charge is 0.379 e. The lowest BCUT2D eigenvalue weighted by molar-refractivity contribution is -0.123. The minimum Gasteiger partial charge on any atom is -0.379 e. The van der Waals surface area contributed by atoms with E-state index >= 15 is 0 Å². The number of halogens is 2. The normalized spacial score (nSPS) is 15.8. The zero-order valence-electron chi connectivity index (χ0n) is 15.3. The third kappa shape index (κ3) is 4.56. The summed E-state index contributed by atoms with van der Waals surface area (Å²) in [6.45, 7) is 2.29. The van der Waals surface area contributed by atoms with Crippen LogP contribution >= 0.6 is 23.2 Å². The summed E-state index contributed by atoms with van der Waals surface area (Å²) in [5, 5.41) is 10.6. The minimum absolute atomic E-state index is 0.166. The van der Waals surface area contributed by atoms with Crippen molar-refractivity contribution in [1.82, 2.24) is 25.1 Å². The lowest BCUT2D eigenvalue weighted by Crippen LogP contribution is -2.44. The van der Waals surface area contributed by atoms with Gasteiger partial charge in [0.2, 0.25) is 11.9 Å². The van der Waals surface area contributed by atoms with Crippen LogP contribution in [0.5, 0.6) is 0 Å². The Morgan fingerprint density at radius 1 is 1.21 bits per heavy atom. The number of aromatic nitrogens is 4. The van der Waals surface area contributed by atoms with Crippen LogP contribution in [0.25, 0.3) is 11.5 Å². The van der Waals surface area contributed by atoms with Crippen LogP contribution in [0.15, 0.2) is 42.6 Å². The van der Waals surface area contributed by atoms with Crippen LogP contribution < -0.4 is 5.32 Å². The average molecular weight is 433 g/mol. The summed E-state index contributed by atoms with van der Waals surface area (Å²) in [5.41, 5.74) is 1.29. The maximum absolute atomic E-state index is 13.2. The minimum atomic E-state index is -0.625. The van der Waals surface area contributed by atoms with Crippen LogP contribution in [-0.4, -0.2) is 57.3 Å². The molecule has 3 heterocycles. The van der Waals surface area contributed by atoms with Crippen molar-refractivity contribution in [2.75, 3.05) is 31.6 Å². The number of carbonyl (C=O) groups excluding carboxylic acids is 1. The number of aromatic amines is 1. The van der Waals surface area contributed by atoms with Gasteiger partial charge in [0.1, 0.15) is 11.7 Å². The molecule has 2 N–H and O–H groups in total. The van der Waals surface area contributed by atoms with Gasteiger partial charge >= 0.3 is 0 Å². The topological polar surface area (TPSA) is 96.0 Å². The Kier molecular flexibility index (Phi) is 6.05. The number of benzene rings is 1. The molecule has 1 saturated heterocycles. The van der Waals surface area contributed by atoms with Crippen LogP contribution in [0.3, 0.4) is 0 Å². The zero-order valence-corrected chi connectivity index (χ0v) is 16.8. The highest BCUT2D eigenvalue weighted by Crippen LogP contribution is 2.31. The Hall–Kier alpha value is -2.52. The quantitative estimate of drug-likeness (QED) is 0.642. The highest BCUT2D eigenvalue weighted by atomic mass is 35.5. The highest BCUT2D eigenvalue weighted by molar-refractivity contribution is 6.35. The van der Waals surface area contributed by atoms with Crippen LogP contribution in [0.4, 0.5) is 5.95 Å². The number of morpholine rings is 1. The molecule has 8 nitrogen and oxygen atoms in total. The van der Waals surface area contributed by atoms with Gasteiger partial charge in [0.25, 0.3) is 0 Å². The third-order valence-corrected chi connectivity index (χ3v) is 5.11. The number of nitrogens with one attached hydrogen (secondary N) is 2. The van der Waals surface area contributed by atoms with Crippen LogP contribution in [0, 0.1) is 0 Å². The fraction of sp³-hybridized carbons (Fsp3) is 0.263. The summed E-state index contributed by atoms with van der Waals surface area (Å²) in [6.07, 6.45) is 1.66. The first-order valence-electron chi connectivity index (χ1n) is 9.03. The third-order valence-electron chi connectivity index (χ3n) is 4.54. The van der Waals surface area contributed by atoms with E-state index in [1.54, 1.807) is 30.5 Å². The molecule has 0 aliphatic carbocycles. The van der Waals surface area contributed by atoms with Gasteiger partial charge in [0.05, 0.1) is 13.2 Å². The predicted molar refractivity (Wildman–Crippen MR) is 110 cm³/mol. The van der Waals surface area contributed by atoms with Gasteiger partial charge in [0, 0.05) is 29.3 Å². The molecular weight excluding hydrogens is 415 g/mol. The molecule has 1 unspecified atom stereocenters. The van der Waals surface area contributed by atoms with E-state index < -0.39 is 6.04 Å². The number of nitrogens with zero attached hydrogens (tertiary/aromatic N) is 4. The number of carbonyl (C=O) groups is 1. The molecule has 150 valence electrons. The van der Waals surface area contributed by atoms with Crippen molar-refractivity contribution in [2.24, 2.45) is 0 Å². The van der Waals surface area contributed by atoms with Crippen molar-refractivity contribution in [3.8, 4) is 11.5 Å². The molecule has 1 aliphatic heterocycles. The van der Waals surface area contributed by atoms with Crippen molar-refractivity contribution in [3.05, 3.63) is 58.2 Å². The molecule has 29 heavy (non-hydrogen) atoms. The molecule has 1 atom stereocenters. The number of amides is 1. The predicted octanol–water partition coefficient (Wildman–Crippen LogP) is 3.19. The zero-order chi connectivity index (χ0) is 20.2. The molecule has 4 rings (SSSR count). The Labute approximate surface area is 177 Å². The Morgan fingerprint density at radius 2 is 2.03 bits per heavy atom. The molecule has 1 aromatic carbocycles. The van der Waals surface area contributed by atoms with E-state index in [2.05, 4.69) is 25.5 Å². The first kappa shape index (κ1) is 19.8. The number of ether oxygens (including phenoxy) is 1. The maximum Gasteiger partial charge on any atom is 0.249 e. The van der Waals surface area contributed by atoms with E-state index in [1.165, 1.54) is 0 Å². The first-order valence-corrected chi connectivity index (χ1v) is 9.79. The molecule has 0 radical (unpaired) electrons. The number of hydrogen-bond donors (Lipinski definition) is 2. The fourth-order valence-electron chi connectivity index (χ4n) is 3.18. The van der Waals surface area contributed by atoms with Crippen molar-refractivity contribution in [2.45, 2.75) is 6.04 Å². The number of H-pyrrole nitrogens is 1. The monoisotopic (exact) mass is 432 g/mol. The molecule has 0 bridgehead atoms. The molecule has 0 saturated carbocycles. The number of pyridine rings is 1. The first-order chi connectivity index (χ1) is 14.1. The fourth-order valence-corrected chi connectivity index (χ4v) is 3.69. The molecule has 0 spiro atoms. The van der Waals surface area contributed by atoms with E-state index in [-0.39, 0.29) is 11.9 Å². The Balaban J connectivity index is 1.59. The van der Waals surface area contributed by atoms with Crippen molar-refractivity contribution in [3.63, 3.8) is 0 Å². The SMILES string of the molecule is O=C(Nc1n[nH]c(-c2ccccn2)n1)C(c1ccc(Cl)cc1Cl)N1CCOCC1. The van der Waals surface area contributed by atoms with Gasteiger partial charge in [0.15, 0.2) is 5.82 Å². The molecule has 3 aromatic rings. The second-order valence-corrected chi connectivity index (χ2v) is 7.27. The van der Waals surface area contributed by atoms with Crippen LogP contribution in [0.1, 0.15) is 11.6 Å². The number of hydrogen-bond acceptors (Lipinski definition) is 6. The molecule has 1 aliphatic rings. The van der Waals surface area contributed by atoms with Crippen molar-refractivity contribution < 1.29 is 9.53 Å². The molecule has 10 heteroatoms. The Bertz CT molecular complexity index is 991. The molecule has 1 amide bonds. The van der Waals surface area contributed by atoms with Gasteiger partial charge in [-0.15, -0.1) is 5.10 Å². The van der Waals surface area contributed by atoms with Crippen molar-refractivity contribution >= 4 is 35.1 Å². The number of rotatable bonds is 5. The molecule has 2 aromatic heterocycles. The number of anilines is 1. The van der Waals surface area contributed by atoms with E-state index in [0.29, 0.717) is 53.4 Å². The summed E-state index contributed by atoms with van der Waals surface area (Å²) in [7, 11) is 0. The molecule has 1 fully saturated rings. The lowest BCUT2D eigenvalue weighted by atomic mass is 10.0. The smallest absolute Gasteiger partial charge is 0.249 e. The van der Waals surface area contributed by atoms with Crippen LogP contribution in [-0.2, 0) is 9.53 Å². The average Bonchev–Trinajstić information content (AvgIpc) is 3.20. The molecular formula is C19H18Cl2N6O2. The van der Waals surface area contributed by atoms with E-state index in [0.717, 1.165) is 0 Å². The summed E-state index contributed by atoms with van der Waals surface area (Å²) >= 11 is 12.4. The van der Waals surface area contributed by atoms with Gasteiger partial charge < -0.3 is 4.74 Å². The standard InChI is InChI=1S/C19H18Cl2N6O2/c20-12-4-5-13(14(21)11-12)16(27-7-9-29-10-8-27)18(28)24-19-23-17(25-26-19)15-3-1-2-6-22-15/h1-6,11,16H,7-10H2,(H2,23,24,25,26,28). The van der Waals surface area contributed by atoms with Crippen LogP contribution in [0.2, 0.25) is 10.0 Å². The second-order valence-electron chi connectivity index (χ2n) is 6.43. The van der Waals surface area contributed by atoms with Gasteiger partial charge in [-0.1, -0.05) is 35.3 Å². The van der Waals surface area contributed by atoms with Gasteiger partial charge in [-0.05, 0) is 29.8 Å². The summed E-state index contributed by atoms with van der Waals surface area (Å²) in [5.74, 6) is 0.343. The van der Waals surface area contributed by atoms with Gasteiger partial charge in [-0.2, -0.15) is 4.98 Å². The second kappa shape index (κ2) is 8.87. The van der Waals surface area contributed by atoms with Crippen molar-refractivity contribution in [1.29, 1.82) is 0 Å². The Morgan fingerprint density at radius 3 is 2.76 bits per heavy atom. The van der Waals surface area contributed by atoms with E-state index in [4.69, 9.17) is 27.9 Å². The highest BCUT2D eigenvalue weighted by Gasteiger charge is 2.31. The van der Waals surface area contributed by atoms with Gasteiger partial charge in [-0.3, -0.25) is 25.1 Å². The summed E-state index contributed by atoms with van der Waals surface area (Å²) < 4.78 is 5.42. The summed E-state index contributed by atoms with van der Waals surface area (Å²) in [4.78, 5) is 23.8. The van der Waals surface area contributed by atoms with Gasteiger partial charge in [-0.25, -0.2) is 0 Å². The summed E-state index contributed by atoms with van der Waals surface area (Å²) in [6, 6.07) is 9.95.